The fourth-order valence-electron chi connectivity index (χ4n) is 1.25. The van der Waals surface area contributed by atoms with Gasteiger partial charge in [0.2, 0.25) is 0 Å². The second kappa shape index (κ2) is 14.5. The Bertz CT molecular complexity index is 121. The van der Waals surface area contributed by atoms with Crippen LogP contribution in [-0.4, -0.2) is 0 Å². The normalized spacial score (nSPS) is 15.2. The van der Waals surface area contributed by atoms with Crippen molar-refractivity contribution in [2.24, 2.45) is 0 Å². The van der Waals surface area contributed by atoms with Crippen LogP contribution >= 0.6 is 0 Å². The van der Waals surface area contributed by atoms with Gasteiger partial charge in [-0.2, -0.15) is 0 Å². The molecule has 1 aliphatic rings. The number of hydrogen-bond donors (Lipinski definition) is 0. The van der Waals surface area contributed by atoms with Crippen molar-refractivity contribution in [3.8, 4) is 0 Å². The van der Waals surface area contributed by atoms with E-state index < -0.39 is 0 Å². The summed E-state index contributed by atoms with van der Waals surface area (Å²) < 4.78 is 0. The van der Waals surface area contributed by atoms with E-state index in [1.807, 2.05) is 27.7 Å². The van der Waals surface area contributed by atoms with Crippen LogP contribution in [0.4, 0.5) is 0 Å². The fourth-order valence-corrected chi connectivity index (χ4v) is 1.25. The lowest BCUT2D eigenvalue weighted by Gasteiger charge is -2.05. The van der Waals surface area contributed by atoms with Crippen LogP contribution in [0, 0.1) is 6.42 Å². The van der Waals surface area contributed by atoms with Crippen LogP contribution in [0.1, 0.15) is 72.6 Å². The number of hydrogen-bond acceptors (Lipinski definition) is 0. The van der Waals surface area contributed by atoms with Crippen molar-refractivity contribution in [2.75, 3.05) is 0 Å². The summed E-state index contributed by atoms with van der Waals surface area (Å²) in [4.78, 5) is 0. The van der Waals surface area contributed by atoms with E-state index >= 15 is 0 Å². The maximum atomic E-state index is 3.56. The van der Waals surface area contributed by atoms with Gasteiger partial charge >= 0.3 is 0 Å². The van der Waals surface area contributed by atoms with Crippen LogP contribution in [0.25, 0.3) is 0 Å². The second-order valence-electron chi connectivity index (χ2n) is 5.05. The molecule has 1 rings (SSSR count). The van der Waals surface area contributed by atoms with Gasteiger partial charge in [-0.05, 0) is 34.1 Å². The molecule has 1 aliphatic carbocycles. The summed E-state index contributed by atoms with van der Waals surface area (Å²) in [5, 5.41) is 0. The van der Waals surface area contributed by atoms with Crippen LogP contribution in [0.2, 0.25) is 0 Å². The Labute approximate surface area is 104 Å². The molecule has 0 amide bonds. The van der Waals surface area contributed by atoms with E-state index in [1.165, 1.54) is 56.1 Å². The van der Waals surface area contributed by atoms with Gasteiger partial charge in [-0.15, -0.1) is 13.2 Å². The molecular formula is C16H31. The number of rotatable bonds is 0. The van der Waals surface area contributed by atoms with E-state index in [2.05, 4.69) is 19.6 Å². The van der Waals surface area contributed by atoms with Gasteiger partial charge in [-0.3, -0.25) is 0 Å². The first-order valence-electron chi connectivity index (χ1n) is 6.52. The number of allylic oxidation sites excluding steroid dienone is 2. The van der Waals surface area contributed by atoms with E-state index in [1.54, 1.807) is 0 Å². The molecule has 0 N–H and O–H groups in total. The molecule has 16 heavy (non-hydrogen) atoms. The van der Waals surface area contributed by atoms with Crippen molar-refractivity contribution in [3.63, 3.8) is 0 Å². The molecule has 0 atom stereocenters. The Morgan fingerprint density at radius 3 is 1.25 bits per heavy atom. The zero-order valence-electron chi connectivity index (χ0n) is 11.9. The van der Waals surface area contributed by atoms with E-state index in [-0.39, 0.29) is 0 Å². The third-order valence-electron chi connectivity index (χ3n) is 1.82. The summed E-state index contributed by atoms with van der Waals surface area (Å²) in [7, 11) is 0. The van der Waals surface area contributed by atoms with Crippen LogP contribution in [-0.2, 0) is 0 Å². The molecule has 0 nitrogen and oxygen atoms in total. The Balaban J connectivity index is 0. The highest BCUT2D eigenvalue weighted by Crippen LogP contribution is 2.14. The smallest absolute Gasteiger partial charge is 0.0386 e. The largest absolute Gasteiger partial charge is 0.100 e. The standard InChI is InChI=1S/C8H15.2C4H8/c1-2-4-6-8-7-5-3-1;2*1-4(2)3/h1H,2-8H2;2*1H2,2-3H3. The molecule has 1 radical (unpaired) electrons. The van der Waals surface area contributed by atoms with Crippen molar-refractivity contribution >= 4 is 0 Å². The van der Waals surface area contributed by atoms with Gasteiger partial charge in [-0.1, -0.05) is 56.1 Å². The minimum absolute atomic E-state index is 1.17. The van der Waals surface area contributed by atoms with Crippen LogP contribution in [0.3, 0.4) is 0 Å². The predicted molar refractivity (Wildman–Crippen MR) is 77.6 cm³/mol. The minimum Gasteiger partial charge on any atom is -0.100 e. The monoisotopic (exact) mass is 223 g/mol. The van der Waals surface area contributed by atoms with Crippen LogP contribution in [0.5, 0.6) is 0 Å². The fraction of sp³-hybridized carbons (Fsp3) is 0.688. The molecule has 0 heteroatoms. The van der Waals surface area contributed by atoms with Gasteiger partial charge in [0.1, 0.15) is 0 Å². The lowest BCUT2D eigenvalue weighted by molar-refractivity contribution is 0.565. The van der Waals surface area contributed by atoms with Crippen molar-refractivity contribution < 1.29 is 0 Å². The summed E-state index contributed by atoms with van der Waals surface area (Å²) in [6, 6.07) is 0. The maximum absolute atomic E-state index is 3.56. The Morgan fingerprint density at radius 2 is 0.938 bits per heavy atom. The molecule has 0 unspecified atom stereocenters. The SMILES string of the molecule is C=C(C)C.C=C(C)C.[CH]1CCCCCCC1. The Kier molecular flexibility index (Phi) is 16.2. The topological polar surface area (TPSA) is 0 Å². The highest BCUT2D eigenvalue weighted by atomic mass is 14.0. The average molecular weight is 223 g/mol. The molecule has 0 aliphatic heterocycles. The van der Waals surface area contributed by atoms with Gasteiger partial charge in [0, 0.05) is 0 Å². The molecular weight excluding hydrogens is 192 g/mol. The third-order valence-corrected chi connectivity index (χ3v) is 1.82. The maximum Gasteiger partial charge on any atom is -0.0386 e. The quantitative estimate of drug-likeness (QED) is 0.435. The van der Waals surface area contributed by atoms with E-state index in [9.17, 15) is 0 Å². The van der Waals surface area contributed by atoms with Gasteiger partial charge in [0.15, 0.2) is 0 Å². The molecule has 95 valence electrons. The first-order valence-corrected chi connectivity index (χ1v) is 6.52. The van der Waals surface area contributed by atoms with Crippen LogP contribution < -0.4 is 0 Å². The summed E-state index contributed by atoms with van der Waals surface area (Å²) >= 11 is 0. The van der Waals surface area contributed by atoms with Crippen molar-refractivity contribution in [3.05, 3.63) is 30.7 Å². The van der Waals surface area contributed by atoms with E-state index in [0.29, 0.717) is 0 Å². The molecule has 0 saturated heterocycles. The summed E-state index contributed by atoms with van der Waals surface area (Å²) in [6.07, 6.45) is 12.5. The molecule has 0 aromatic rings. The van der Waals surface area contributed by atoms with Gasteiger partial charge in [0.25, 0.3) is 0 Å². The lowest BCUT2D eigenvalue weighted by Crippen LogP contribution is -1.86. The molecule has 0 aromatic heterocycles. The predicted octanol–water partition coefficient (Wildman–Crippen LogP) is 6.10. The van der Waals surface area contributed by atoms with Crippen molar-refractivity contribution in [2.45, 2.75) is 72.6 Å². The molecule has 0 heterocycles. The third kappa shape index (κ3) is 37.5. The Morgan fingerprint density at radius 1 is 0.688 bits per heavy atom. The summed E-state index contributed by atoms with van der Waals surface area (Å²) in [5.41, 5.74) is 2.33. The summed E-state index contributed by atoms with van der Waals surface area (Å²) in [5.74, 6) is 0. The highest BCUT2D eigenvalue weighted by molar-refractivity contribution is 4.79. The molecule has 1 saturated carbocycles. The Hall–Kier alpha value is -0.520. The zero-order valence-corrected chi connectivity index (χ0v) is 11.9. The zero-order chi connectivity index (χ0) is 12.8. The molecule has 0 spiro atoms. The second-order valence-corrected chi connectivity index (χ2v) is 5.05. The minimum atomic E-state index is 1.17. The first-order chi connectivity index (χ1) is 7.46. The molecule has 0 aromatic carbocycles. The van der Waals surface area contributed by atoms with E-state index in [0.717, 1.165) is 0 Å². The van der Waals surface area contributed by atoms with Crippen LogP contribution in [0.15, 0.2) is 24.3 Å². The average Bonchev–Trinajstić information content (AvgIpc) is 1.98. The van der Waals surface area contributed by atoms with Gasteiger partial charge < -0.3 is 0 Å². The first kappa shape index (κ1) is 17.9. The van der Waals surface area contributed by atoms with Crippen molar-refractivity contribution in [1.29, 1.82) is 0 Å². The van der Waals surface area contributed by atoms with Gasteiger partial charge in [-0.25, -0.2) is 0 Å². The van der Waals surface area contributed by atoms with Crippen molar-refractivity contribution in [1.82, 2.24) is 0 Å². The lowest BCUT2D eigenvalue weighted by atomic mass is 10.0. The van der Waals surface area contributed by atoms with Gasteiger partial charge in [0.05, 0.1) is 0 Å². The molecule has 0 bridgehead atoms. The summed E-state index contributed by atoms with van der Waals surface area (Å²) in [6.45, 7) is 15.0. The van der Waals surface area contributed by atoms with E-state index in [4.69, 9.17) is 0 Å². The molecule has 1 fully saturated rings. The highest BCUT2D eigenvalue weighted by Gasteiger charge is 1.95.